The molecular weight excluding hydrogens is 340 g/mol. The summed E-state index contributed by atoms with van der Waals surface area (Å²) >= 11 is 0. The molecule has 1 fully saturated rings. The maximum absolute atomic E-state index is 12.7. The highest BCUT2D eigenvalue weighted by Crippen LogP contribution is 2.37. The Balaban J connectivity index is 1.76. The van der Waals surface area contributed by atoms with Crippen molar-refractivity contribution in [3.05, 3.63) is 47.5 Å². The van der Waals surface area contributed by atoms with Crippen molar-refractivity contribution in [3.63, 3.8) is 0 Å². The predicted molar refractivity (Wildman–Crippen MR) is 93.6 cm³/mol. The molecule has 0 spiro atoms. The number of benzene rings is 2. The number of ether oxygens (including phenoxy) is 1. The number of amides is 1. The third-order valence-electron chi connectivity index (χ3n) is 4.50. The number of carbonyl (C=O) groups excluding carboxylic acids is 1. The van der Waals surface area contributed by atoms with Crippen LogP contribution in [0.15, 0.2) is 41.3 Å². The van der Waals surface area contributed by atoms with Crippen LogP contribution in [0.1, 0.15) is 28.8 Å². The first kappa shape index (κ1) is 16.1. The zero-order valence-corrected chi connectivity index (χ0v) is 14.6. The number of nitrogens with one attached hydrogen (secondary N) is 1. The molecule has 7 heteroatoms. The van der Waals surface area contributed by atoms with Gasteiger partial charge >= 0.3 is 0 Å². The summed E-state index contributed by atoms with van der Waals surface area (Å²) in [6.45, 7) is 2.97. The van der Waals surface area contributed by atoms with Crippen molar-refractivity contribution in [2.24, 2.45) is 0 Å². The van der Waals surface area contributed by atoms with Gasteiger partial charge in [0.1, 0.15) is 5.75 Å². The molecule has 2 aromatic carbocycles. The van der Waals surface area contributed by atoms with E-state index in [2.05, 4.69) is 5.32 Å². The minimum atomic E-state index is -3.58. The van der Waals surface area contributed by atoms with E-state index in [9.17, 15) is 13.2 Å². The van der Waals surface area contributed by atoms with Gasteiger partial charge in [0.2, 0.25) is 10.0 Å². The summed E-state index contributed by atoms with van der Waals surface area (Å²) in [5.74, 6) is 0.514. The van der Waals surface area contributed by atoms with Gasteiger partial charge < -0.3 is 10.1 Å². The van der Waals surface area contributed by atoms with Gasteiger partial charge in [0.05, 0.1) is 16.1 Å². The Kier molecular flexibility index (Phi) is 3.77. The average Bonchev–Trinajstić information content (AvgIpc) is 3.08. The van der Waals surface area contributed by atoms with E-state index in [-0.39, 0.29) is 16.4 Å². The van der Waals surface area contributed by atoms with Gasteiger partial charge in [-0.15, -0.1) is 0 Å². The van der Waals surface area contributed by atoms with Crippen molar-refractivity contribution in [2.45, 2.75) is 24.7 Å². The topological polar surface area (TPSA) is 75.7 Å². The van der Waals surface area contributed by atoms with Crippen molar-refractivity contribution in [2.75, 3.05) is 18.4 Å². The molecule has 0 saturated carbocycles. The molecule has 2 aliphatic heterocycles. The molecule has 0 aliphatic carbocycles. The molecule has 1 N–H and O–H groups in total. The van der Waals surface area contributed by atoms with Crippen LogP contribution in [0.3, 0.4) is 0 Å². The summed E-state index contributed by atoms with van der Waals surface area (Å²) in [6.07, 6.45) is 1.73. The fraction of sp³-hybridized carbons (Fsp3) is 0.278. The maximum atomic E-state index is 12.7. The third kappa shape index (κ3) is 2.79. The molecule has 2 aromatic rings. The Bertz CT molecular complexity index is 963. The number of rotatable bonds is 2. The summed E-state index contributed by atoms with van der Waals surface area (Å²) in [6, 6.07) is 9.94. The van der Waals surface area contributed by atoms with Crippen LogP contribution in [0, 0.1) is 6.92 Å². The van der Waals surface area contributed by atoms with E-state index in [0.29, 0.717) is 30.3 Å². The van der Waals surface area contributed by atoms with Crippen LogP contribution in [0.25, 0.3) is 0 Å². The Morgan fingerprint density at radius 1 is 1.04 bits per heavy atom. The van der Waals surface area contributed by atoms with E-state index >= 15 is 0 Å². The number of sulfonamides is 1. The largest absolute Gasteiger partial charge is 0.454 e. The predicted octanol–water partition coefficient (Wildman–Crippen LogP) is 3.14. The Hall–Kier alpha value is -2.38. The summed E-state index contributed by atoms with van der Waals surface area (Å²) in [5.41, 5.74) is 1.79. The normalized spacial score (nSPS) is 17.2. The molecule has 0 aromatic heterocycles. The molecular formula is C18H18N2O4S. The zero-order chi connectivity index (χ0) is 17.6. The molecule has 0 bridgehead atoms. The Morgan fingerprint density at radius 3 is 2.56 bits per heavy atom. The summed E-state index contributed by atoms with van der Waals surface area (Å²) in [4.78, 5) is 12.7. The van der Waals surface area contributed by atoms with Gasteiger partial charge in [-0.1, -0.05) is 6.07 Å². The second-order valence-corrected chi connectivity index (χ2v) is 8.26. The second-order valence-electron chi connectivity index (χ2n) is 6.32. The van der Waals surface area contributed by atoms with Crippen molar-refractivity contribution >= 4 is 21.6 Å². The highest BCUT2D eigenvalue weighted by atomic mass is 32.2. The molecule has 0 radical (unpaired) electrons. The van der Waals surface area contributed by atoms with E-state index in [1.165, 1.54) is 16.4 Å². The van der Waals surface area contributed by atoms with Gasteiger partial charge in [0.25, 0.3) is 5.91 Å². The van der Waals surface area contributed by atoms with Crippen molar-refractivity contribution in [3.8, 4) is 11.5 Å². The number of aryl methyl sites for hydroxylation is 1. The number of carbonyl (C=O) groups is 1. The summed E-state index contributed by atoms with van der Waals surface area (Å²) in [7, 11) is -3.58. The van der Waals surface area contributed by atoms with Crippen molar-refractivity contribution in [1.29, 1.82) is 0 Å². The minimum Gasteiger partial charge on any atom is -0.454 e. The molecule has 0 atom stereocenters. The van der Waals surface area contributed by atoms with E-state index in [1.807, 2.05) is 19.1 Å². The first-order chi connectivity index (χ1) is 11.9. The Labute approximate surface area is 146 Å². The number of hydrogen-bond acceptors (Lipinski definition) is 4. The van der Waals surface area contributed by atoms with Crippen LogP contribution in [0.4, 0.5) is 5.69 Å². The molecule has 25 heavy (non-hydrogen) atoms. The summed E-state index contributed by atoms with van der Waals surface area (Å²) in [5, 5.41) is 2.78. The van der Waals surface area contributed by atoms with Gasteiger partial charge in [-0.25, -0.2) is 8.42 Å². The molecule has 6 nitrogen and oxygen atoms in total. The third-order valence-corrected chi connectivity index (χ3v) is 6.40. The highest BCUT2D eigenvalue weighted by Gasteiger charge is 2.29. The fourth-order valence-corrected chi connectivity index (χ4v) is 4.68. The average molecular weight is 358 g/mol. The molecule has 130 valence electrons. The lowest BCUT2D eigenvalue weighted by atomic mass is 10.2. The first-order valence-corrected chi connectivity index (χ1v) is 9.63. The molecule has 1 amide bonds. The van der Waals surface area contributed by atoms with Gasteiger partial charge in [-0.05, 0) is 55.7 Å². The second kappa shape index (κ2) is 5.86. The van der Waals surface area contributed by atoms with Gasteiger partial charge in [-0.2, -0.15) is 4.31 Å². The maximum Gasteiger partial charge on any atom is 0.259 e. The van der Waals surface area contributed by atoms with Gasteiger partial charge in [-0.3, -0.25) is 4.79 Å². The van der Waals surface area contributed by atoms with Crippen LogP contribution in [-0.2, 0) is 10.0 Å². The van der Waals surface area contributed by atoms with Crippen LogP contribution in [-0.4, -0.2) is 31.7 Å². The zero-order valence-electron chi connectivity index (χ0n) is 13.8. The Morgan fingerprint density at radius 2 is 1.80 bits per heavy atom. The van der Waals surface area contributed by atoms with E-state index in [4.69, 9.17) is 4.74 Å². The van der Waals surface area contributed by atoms with Crippen molar-refractivity contribution in [1.82, 2.24) is 4.31 Å². The van der Waals surface area contributed by atoms with Crippen LogP contribution in [0.5, 0.6) is 11.5 Å². The quantitative estimate of drug-likeness (QED) is 0.895. The SMILES string of the molecule is Cc1ccc2c(c1)Oc1ccc(S(=O)(=O)N3CCCC3)cc1C(=O)N2. The molecule has 2 aliphatic rings. The monoisotopic (exact) mass is 358 g/mol. The fourth-order valence-electron chi connectivity index (χ4n) is 3.14. The summed E-state index contributed by atoms with van der Waals surface area (Å²) < 4.78 is 32.8. The van der Waals surface area contributed by atoms with Gasteiger partial charge in [0.15, 0.2) is 5.75 Å². The number of nitrogens with zero attached hydrogens (tertiary/aromatic N) is 1. The molecule has 1 saturated heterocycles. The minimum absolute atomic E-state index is 0.119. The van der Waals surface area contributed by atoms with Crippen LogP contribution < -0.4 is 10.1 Å². The lowest BCUT2D eigenvalue weighted by molar-refractivity contribution is 0.102. The van der Waals surface area contributed by atoms with E-state index < -0.39 is 10.0 Å². The van der Waals surface area contributed by atoms with Crippen LogP contribution >= 0.6 is 0 Å². The standard InChI is InChI=1S/C18H18N2O4S/c1-12-4-6-15-17(10-12)24-16-7-5-13(11-14(16)18(21)19-15)25(22,23)20-8-2-3-9-20/h4-7,10-11H,2-3,8-9H2,1H3,(H,19,21). The molecule has 2 heterocycles. The van der Waals surface area contributed by atoms with Crippen LogP contribution in [0.2, 0.25) is 0 Å². The smallest absolute Gasteiger partial charge is 0.259 e. The van der Waals surface area contributed by atoms with Crippen molar-refractivity contribution < 1.29 is 17.9 Å². The number of hydrogen-bond donors (Lipinski definition) is 1. The number of fused-ring (bicyclic) bond motifs is 2. The van der Waals surface area contributed by atoms with E-state index in [0.717, 1.165) is 18.4 Å². The lowest BCUT2D eigenvalue weighted by Crippen LogP contribution is -2.28. The van der Waals surface area contributed by atoms with Gasteiger partial charge in [0, 0.05) is 13.1 Å². The number of anilines is 1. The highest BCUT2D eigenvalue weighted by molar-refractivity contribution is 7.89. The first-order valence-electron chi connectivity index (χ1n) is 8.19. The van der Waals surface area contributed by atoms with E-state index in [1.54, 1.807) is 12.1 Å². The molecule has 4 rings (SSSR count). The lowest BCUT2D eigenvalue weighted by Gasteiger charge is -2.16. The molecule has 0 unspecified atom stereocenters.